The zero-order valence-corrected chi connectivity index (χ0v) is 11.3. The van der Waals surface area contributed by atoms with Crippen molar-refractivity contribution in [1.82, 2.24) is 4.98 Å². The number of nitro groups is 1. The van der Waals surface area contributed by atoms with Crippen LogP contribution in [0.4, 0.5) is 11.4 Å². The molecule has 0 aliphatic rings. The summed E-state index contributed by atoms with van der Waals surface area (Å²) in [6, 6.07) is 7.25. The van der Waals surface area contributed by atoms with Crippen LogP contribution in [0.3, 0.4) is 0 Å². The number of halogens is 1. The largest absolute Gasteiger partial charge is 0.379 e. The molecule has 2 aromatic rings. The van der Waals surface area contributed by atoms with Crippen molar-refractivity contribution in [3.05, 3.63) is 39.5 Å². The molecule has 19 heavy (non-hydrogen) atoms. The standard InChI is InChI=1S/C13H14ClN3O2/c1-2-3-8-15-11-9-6-4-5-7-10(9)16-13(14)12(11)17(18)19/h4-7H,2-3,8H2,1H3,(H,15,16). The van der Waals surface area contributed by atoms with E-state index in [2.05, 4.69) is 17.2 Å². The van der Waals surface area contributed by atoms with Crippen LogP contribution >= 0.6 is 11.6 Å². The van der Waals surface area contributed by atoms with Crippen molar-refractivity contribution in [2.75, 3.05) is 11.9 Å². The van der Waals surface area contributed by atoms with Gasteiger partial charge in [-0.2, -0.15) is 0 Å². The van der Waals surface area contributed by atoms with Gasteiger partial charge in [-0.3, -0.25) is 10.1 Å². The summed E-state index contributed by atoms with van der Waals surface area (Å²) < 4.78 is 0. The lowest BCUT2D eigenvalue weighted by Crippen LogP contribution is -2.06. The van der Waals surface area contributed by atoms with Crippen LogP contribution in [0.2, 0.25) is 5.15 Å². The fourth-order valence-corrected chi connectivity index (χ4v) is 2.16. The van der Waals surface area contributed by atoms with Crippen LogP contribution < -0.4 is 5.32 Å². The number of para-hydroxylation sites is 1. The van der Waals surface area contributed by atoms with E-state index in [-0.39, 0.29) is 10.8 Å². The summed E-state index contributed by atoms with van der Waals surface area (Å²) >= 11 is 5.92. The lowest BCUT2D eigenvalue weighted by molar-refractivity contribution is -0.384. The average molecular weight is 280 g/mol. The molecule has 0 bridgehead atoms. The Morgan fingerprint density at radius 2 is 2.16 bits per heavy atom. The number of anilines is 1. The van der Waals surface area contributed by atoms with Gasteiger partial charge in [0, 0.05) is 11.9 Å². The summed E-state index contributed by atoms with van der Waals surface area (Å²) in [7, 11) is 0. The van der Waals surface area contributed by atoms with Gasteiger partial charge in [0.2, 0.25) is 5.15 Å². The highest BCUT2D eigenvalue weighted by Crippen LogP contribution is 2.37. The Morgan fingerprint density at radius 1 is 1.42 bits per heavy atom. The molecule has 0 spiro atoms. The van der Waals surface area contributed by atoms with Crippen molar-refractivity contribution in [3.63, 3.8) is 0 Å². The number of aromatic nitrogens is 1. The lowest BCUT2D eigenvalue weighted by Gasteiger charge is -2.10. The summed E-state index contributed by atoms with van der Waals surface area (Å²) in [5.41, 5.74) is 0.947. The molecule has 0 amide bonds. The monoisotopic (exact) mass is 279 g/mol. The van der Waals surface area contributed by atoms with Gasteiger partial charge in [-0.25, -0.2) is 4.98 Å². The Labute approximate surface area is 115 Å². The minimum Gasteiger partial charge on any atom is -0.379 e. The Hall–Kier alpha value is -1.88. The lowest BCUT2D eigenvalue weighted by atomic mass is 10.1. The predicted molar refractivity (Wildman–Crippen MR) is 76.8 cm³/mol. The summed E-state index contributed by atoms with van der Waals surface area (Å²) in [5.74, 6) is 0. The number of hydrogen-bond acceptors (Lipinski definition) is 4. The number of hydrogen-bond donors (Lipinski definition) is 1. The third kappa shape index (κ3) is 2.76. The van der Waals surface area contributed by atoms with Crippen molar-refractivity contribution in [2.24, 2.45) is 0 Å². The summed E-state index contributed by atoms with van der Waals surface area (Å²) in [6.07, 6.45) is 1.95. The van der Waals surface area contributed by atoms with Crippen LogP contribution in [0.15, 0.2) is 24.3 Å². The minimum atomic E-state index is -0.490. The van der Waals surface area contributed by atoms with Gasteiger partial charge < -0.3 is 5.32 Å². The number of rotatable bonds is 5. The van der Waals surface area contributed by atoms with Gasteiger partial charge >= 0.3 is 5.69 Å². The number of nitrogens with zero attached hydrogens (tertiary/aromatic N) is 2. The molecule has 0 unspecified atom stereocenters. The van der Waals surface area contributed by atoms with Crippen LogP contribution in [0, 0.1) is 10.1 Å². The summed E-state index contributed by atoms with van der Waals surface area (Å²) in [4.78, 5) is 14.7. The molecule has 0 aliphatic heterocycles. The van der Waals surface area contributed by atoms with Crippen molar-refractivity contribution < 1.29 is 4.92 Å². The molecule has 1 heterocycles. The van der Waals surface area contributed by atoms with Crippen molar-refractivity contribution >= 4 is 33.9 Å². The molecule has 0 fully saturated rings. The summed E-state index contributed by atoms with van der Waals surface area (Å²) in [6.45, 7) is 2.73. The van der Waals surface area contributed by atoms with Crippen molar-refractivity contribution in [1.29, 1.82) is 0 Å². The van der Waals surface area contributed by atoms with E-state index in [1.54, 1.807) is 12.1 Å². The predicted octanol–water partition coefficient (Wildman–Crippen LogP) is 4.01. The molecule has 1 aromatic heterocycles. The Bertz CT molecular complexity index is 616. The number of unbranched alkanes of at least 4 members (excludes halogenated alkanes) is 1. The first-order valence-electron chi connectivity index (χ1n) is 6.11. The van der Waals surface area contributed by atoms with Crippen LogP contribution in [-0.2, 0) is 0 Å². The van der Waals surface area contributed by atoms with Crippen LogP contribution in [0.1, 0.15) is 19.8 Å². The normalized spacial score (nSPS) is 10.6. The van der Waals surface area contributed by atoms with E-state index in [0.29, 0.717) is 17.7 Å². The van der Waals surface area contributed by atoms with Crippen molar-refractivity contribution in [2.45, 2.75) is 19.8 Å². The quantitative estimate of drug-likeness (QED) is 0.389. The molecule has 5 nitrogen and oxygen atoms in total. The third-order valence-electron chi connectivity index (χ3n) is 2.84. The van der Waals surface area contributed by atoms with Gasteiger partial charge in [0.15, 0.2) is 0 Å². The van der Waals surface area contributed by atoms with Gasteiger partial charge in [-0.15, -0.1) is 0 Å². The van der Waals surface area contributed by atoms with E-state index < -0.39 is 4.92 Å². The fraction of sp³-hybridized carbons (Fsp3) is 0.308. The molecule has 0 atom stereocenters. The maximum Gasteiger partial charge on any atom is 0.329 e. The topological polar surface area (TPSA) is 68.1 Å². The first-order chi connectivity index (χ1) is 9.15. The molecule has 2 rings (SSSR count). The molecule has 0 radical (unpaired) electrons. The molecule has 1 aromatic carbocycles. The maximum absolute atomic E-state index is 11.2. The van der Waals surface area contributed by atoms with Gasteiger partial charge in [0.1, 0.15) is 5.69 Å². The van der Waals surface area contributed by atoms with E-state index >= 15 is 0 Å². The molecular formula is C13H14ClN3O2. The van der Waals surface area contributed by atoms with Gasteiger partial charge in [0.25, 0.3) is 0 Å². The highest BCUT2D eigenvalue weighted by molar-refractivity contribution is 6.33. The third-order valence-corrected chi connectivity index (χ3v) is 3.10. The molecule has 6 heteroatoms. The van der Waals surface area contributed by atoms with E-state index in [4.69, 9.17) is 11.6 Å². The molecule has 0 saturated heterocycles. The SMILES string of the molecule is CCCCNc1c([N+](=O)[O-])c(Cl)nc2ccccc12. The molecule has 0 saturated carbocycles. The average Bonchev–Trinajstić information content (AvgIpc) is 2.38. The second-order valence-electron chi connectivity index (χ2n) is 4.18. The Kier molecular flexibility index (Phi) is 4.16. The van der Waals surface area contributed by atoms with E-state index in [0.717, 1.165) is 18.2 Å². The van der Waals surface area contributed by atoms with Crippen molar-refractivity contribution in [3.8, 4) is 0 Å². The fourth-order valence-electron chi connectivity index (χ4n) is 1.91. The highest BCUT2D eigenvalue weighted by atomic mass is 35.5. The first-order valence-corrected chi connectivity index (χ1v) is 6.49. The number of pyridine rings is 1. The minimum absolute atomic E-state index is 0.0808. The smallest absolute Gasteiger partial charge is 0.329 e. The van der Waals surface area contributed by atoms with E-state index in [9.17, 15) is 10.1 Å². The van der Waals surface area contributed by atoms with E-state index in [1.807, 2.05) is 12.1 Å². The van der Waals surface area contributed by atoms with Crippen LogP contribution in [0.25, 0.3) is 10.9 Å². The van der Waals surface area contributed by atoms with E-state index in [1.165, 1.54) is 0 Å². The molecular weight excluding hydrogens is 266 g/mol. The highest BCUT2D eigenvalue weighted by Gasteiger charge is 2.23. The zero-order valence-electron chi connectivity index (χ0n) is 10.5. The van der Waals surface area contributed by atoms with Gasteiger partial charge in [-0.1, -0.05) is 43.1 Å². The number of fused-ring (bicyclic) bond motifs is 1. The Morgan fingerprint density at radius 3 is 2.84 bits per heavy atom. The van der Waals surface area contributed by atoms with Crippen LogP contribution in [0.5, 0.6) is 0 Å². The Balaban J connectivity index is 2.59. The van der Waals surface area contributed by atoms with Crippen LogP contribution in [-0.4, -0.2) is 16.5 Å². The van der Waals surface area contributed by atoms with Gasteiger partial charge in [-0.05, 0) is 12.5 Å². The molecule has 0 aliphatic carbocycles. The van der Waals surface area contributed by atoms with Gasteiger partial charge in [0.05, 0.1) is 10.4 Å². The second kappa shape index (κ2) is 5.84. The first kappa shape index (κ1) is 13.5. The molecule has 100 valence electrons. The summed E-state index contributed by atoms with van der Waals surface area (Å²) in [5, 5.41) is 14.9. The number of nitrogens with one attached hydrogen (secondary N) is 1. The maximum atomic E-state index is 11.2. The molecule has 1 N–H and O–H groups in total. The zero-order chi connectivity index (χ0) is 13.8. The second-order valence-corrected chi connectivity index (χ2v) is 4.54. The number of benzene rings is 1.